The molecule has 3 heterocycles. The lowest BCUT2D eigenvalue weighted by Crippen LogP contribution is -2.42. The summed E-state index contributed by atoms with van der Waals surface area (Å²) in [5, 5.41) is 0.766. The van der Waals surface area contributed by atoms with Gasteiger partial charge in [0.2, 0.25) is 10.0 Å². The number of sulfonamides is 1. The molecule has 29 heavy (non-hydrogen) atoms. The number of hydrogen-bond donors (Lipinski definition) is 1. The standard InChI is InChI=1S/C22H31N3O3S/c1-16-11-17(2)15-24(14-16)22(26)21-13-18-12-19(7-8-20(18)23-21)29(27,28)25-9-5-3-4-6-10-25/h7-8,12-13,16-17,23H,3-6,9-11,14-15H2,1-2H3. The van der Waals surface area contributed by atoms with Crippen molar-refractivity contribution in [1.82, 2.24) is 14.2 Å². The SMILES string of the molecule is CC1CC(C)CN(C(=O)c2cc3cc(S(=O)(=O)N4CCCCCC4)ccc3[nH]2)C1. The number of aromatic nitrogens is 1. The van der Waals surface area contributed by atoms with Gasteiger partial charge in [-0.15, -0.1) is 0 Å². The number of aromatic amines is 1. The van der Waals surface area contributed by atoms with Crippen LogP contribution in [-0.4, -0.2) is 54.7 Å². The molecule has 2 aliphatic rings. The molecular formula is C22H31N3O3S. The van der Waals surface area contributed by atoms with Crippen molar-refractivity contribution in [3.8, 4) is 0 Å². The summed E-state index contributed by atoms with van der Waals surface area (Å²) in [7, 11) is -3.50. The van der Waals surface area contributed by atoms with Crippen molar-refractivity contribution < 1.29 is 13.2 Å². The van der Waals surface area contributed by atoms with Crippen LogP contribution < -0.4 is 0 Å². The number of hydrogen-bond acceptors (Lipinski definition) is 3. The summed E-state index contributed by atoms with van der Waals surface area (Å²) in [4.78, 5) is 18.4. The molecule has 1 amide bonds. The Morgan fingerprint density at radius 1 is 1.00 bits per heavy atom. The number of nitrogens with one attached hydrogen (secondary N) is 1. The minimum atomic E-state index is -3.50. The molecule has 1 N–H and O–H groups in total. The van der Waals surface area contributed by atoms with Gasteiger partial charge in [0, 0.05) is 37.1 Å². The van der Waals surface area contributed by atoms with Crippen LogP contribution >= 0.6 is 0 Å². The van der Waals surface area contributed by atoms with Gasteiger partial charge in [-0.05, 0) is 55.4 Å². The van der Waals surface area contributed by atoms with Crippen LogP contribution in [0.15, 0.2) is 29.2 Å². The first-order valence-electron chi connectivity index (χ1n) is 10.8. The van der Waals surface area contributed by atoms with E-state index in [1.54, 1.807) is 28.6 Å². The fourth-order valence-electron chi connectivity index (χ4n) is 4.82. The van der Waals surface area contributed by atoms with Gasteiger partial charge >= 0.3 is 0 Å². The number of carbonyl (C=O) groups is 1. The highest BCUT2D eigenvalue weighted by atomic mass is 32.2. The third-order valence-electron chi connectivity index (χ3n) is 6.18. The van der Waals surface area contributed by atoms with Crippen molar-refractivity contribution in [2.45, 2.75) is 50.8 Å². The van der Waals surface area contributed by atoms with Gasteiger partial charge in [0.15, 0.2) is 0 Å². The number of likely N-dealkylation sites (tertiary alicyclic amines) is 1. The Morgan fingerprint density at radius 2 is 1.66 bits per heavy atom. The van der Waals surface area contributed by atoms with Gasteiger partial charge in [0.05, 0.1) is 4.90 Å². The van der Waals surface area contributed by atoms with Crippen LogP contribution in [-0.2, 0) is 10.0 Å². The van der Waals surface area contributed by atoms with Crippen molar-refractivity contribution in [2.75, 3.05) is 26.2 Å². The zero-order valence-electron chi connectivity index (χ0n) is 17.4. The summed E-state index contributed by atoms with van der Waals surface area (Å²) in [6.07, 6.45) is 5.15. The fraction of sp³-hybridized carbons (Fsp3) is 0.591. The Kier molecular flexibility index (Phi) is 5.71. The molecule has 1 aromatic heterocycles. The van der Waals surface area contributed by atoms with Crippen molar-refractivity contribution in [3.05, 3.63) is 30.0 Å². The summed E-state index contributed by atoms with van der Waals surface area (Å²) in [6, 6.07) is 6.92. The Labute approximate surface area is 173 Å². The first-order valence-corrected chi connectivity index (χ1v) is 12.2. The van der Waals surface area contributed by atoms with Crippen LogP contribution in [0.2, 0.25) is 0 Å². The monoisotopic (exact) mass is 417 g/mol. The molecular weight excluding hydrogens is 386 g/mol. The number of fused-ring (bicyclic) bond motifs is 1. The van der Waals surface area contributed by atoms with Crippen molar-refractivity contribution in [2.24, 2.45) is 11.8 Å². The summed E-state index contributed by atoms with van der Waals surface area (Å²) in [5.41, 5.74) is 1.33. The lowest BCUT2D eigenvalue weighted by Gasteiger charge is -2.34. The maximum Gasteiger partial charge on any atom is 0.270 e. The molecule has 6 nitrogen and oxygen atoms in total. The predicted molar refractivity (Wildman–Crippen MR) is 114 cm³/mol. The molecule has 0 bridgehead atoms. The van der Waals surface area contributed by atoms with Crippen molar-refractivity contribution in [3.63, 3.8) is 0 Å². The van der Waals surface area contributed by atoms with E-state index in [9.17, 15) is 13.2 Å². The van der Waals surface area contributed by atoms with E-state index in [-0.39, 0.29) is 5.91 Å². The van der Waals surface area contributed by atoms with Crippen LogP contribution in [0, 0.1) is 11.8 Å². The van der Waals surface area contributed by atoms with Crippen LogP contribution in [0.1, 0.15) is 56.4 Å². The second kappa shape index (κ2) is 8.11. The minimum Gasteiger partial charge on any atom is -0.351 e. The van der Waals surface area contributed by atoms with E-state index in [2.05, 4.69) is 18.8 Å². The minimum absolute atomic E-state index is 0.00322. The molecule has 7 heteroatoms. The zero-order valence-corrected chi connectivity index (χ0v) is 18.2. The van der Waals surface area contributed by atoms with E-state index in [0.717, 1.165) is 56.1 Å². The van der Waals surface area contributed by atoms with Crippen LogP contribution in [0.4, 0.5) is 0 Å². The van der Waals surface area contributed by atoms with Crippen LogP contribution in [0.25, 0.3) is 10.9 Å². The lowest BCUT2D eigenvalue weighted by molar-refractivity contribution is 0.0618. The van der Waals surface area contributed by atoms with E-state index in [1.165, 1.54) is 0 Å². The molecule has 2 fully saturated rings. The Morgan fingerprint density at radius 3 is 2.31 bits per heavy atom. The number of carbonyl (C=O) groups excluding carboxylic acids is 1. The number of H-pyrrole nitrogens is 1. The van der Waals surface area contributed by atoms with Gasteiger partial charge in [0.25, 0.3) is 5.91 Å². The molecule has 0 spiro atoms. The number of nitrogens with zero attached hydrogens (tertiary/aromatic N) is 2. The summed E-state index contributed by atoms with van der Waals surface area (Å²) < 4.78 is 27.8. The zero-order chi connectivity index (χ0) is 20.6. The molecule has 2 saturated heterocycles. The maximum absolute atomic E-state index is 13.1. The first kappa shape index (κ1) is 20.4. The van der Waals surface area contributed by atoms with Gasteiger partial charge in [-0.3, -0.25) is 4.79 Å². The van der Waals surface area contributed by atoms with E-state index in [1.807, 2.05) is 4.90 Å². The molecule has 4 rings (SSSR count). The molecule has 1 aromatic carbocycles. The normalized spacial score (nSPS) is 24.6. The molecule has 158 valence electrons. The van der Waals surface area contributed by atoms with Crippen LogP contribution in [0.3, 0.4) is 0 Å². The lowest BCUT2D eigenvalue weighted by atomic mass is 9.92. The smallest absolute Gasteiger partial charge is 0.270 e. The highest BCUT2D eigenvalue weighted by molar-refractivity contribution is 7.89. The van der Waals surface area contributed by atoms with E-state index in [0.29, 0.717) is 35.5 Å². The predicted octanol–water partition coefficient (Wildman–Crippen LogP) is 3.85. The molecule has 2 aliphatic heterocycles. The molecule has 0 radical (unpaired) electrons. The number of rotatable bonds is 3. The maximum atomic E-state index is 13.1. The van der Waals surface area contributed by atoms with E-state index < -0.39 is 10.0 Å². The average Bonchev–Trinajstić information content (AvgIpc) is 2.90. The molecule has 0 saturated carbocycles. The second-order valence-electron chi connectivity index (χ2n) is 8.91. The quantitative estimate of drug-likeness (QED) is 0.824. The molecule has 2 aromatic rings. The third kappa shape index (κ3) is 4.21. The first-order chi connectivity index (χ1) is 13.8. The van der Waals surface area contributed by atoms with Gasteiger partial charge in [-0.2, -0.15) is 4.31 Å². The average molecular weight is 418 g/mol. The van der Waals surface area contributed by atoms with Gasteiger partial charge < -0.3 is 9.88 Å². The van der Waals surface area contributed by atoms with E-state index in [4.69, 9.17) is 0 Å². The van der Waals surface area contributed by atoms with Gasteiger partial charge in [-0.25, -0.2) is 8.42 Å². The fourth-order valence-corrected chi connectivity index (χ4v) is 6.37. The Hall–Kier alpha value is -1.86. The highest BCUT2D eigenvalue weighted by Crippen LogP contribution is 2.27. The number of piperidine rings is 1. The highest BCUT2D eigenvalue weighted by Gasteiger charge is 2.28. The van der Waals surface area contributed by atoms with Crippen LogP contribution in [0.5, 0.6) is 0 Å². The summed E-state index contributed by atoms with van der Waals surface area (Å²) in [6.45, 7) is 7.08. The van der Waals surface area contributed by atoms with Gasteiger partial charge in [0.1, 0.15) is 5.69 Å². The van der Waals surface area contributed by atoms with E-state index >= 15 is 0 Å². The van der Waals surface area contributed by atoms with Crippen molar-refractivity contribution in [1.29, 1.82) is 0 Å². The molecule has 0 aliphatic carbocycles. The largest absolute Gasteiger partial charge is 0.351 e. The summed E-state index contributed by atoms with van der Waals surface area (Å²) >= 11 is 0. The van der Waals surface area contributed by atoms with Crippen molar-refractivity contribution >= 4 is 26.8 Å². The Balaban J connectivity index is 1.60. The Bertz CT molecular complexity index is 980. The topological polar surface area (TPSA) is 73.5 Å². The summed E-state index contributed by atoms with van der Waals surface area (Å²) in [5.74, 6) is 0.992. The van der Waals surface area contributed by atoms with Gasteiger partial charge in [-0.1, -0.05) is 26.7 Å². The number of amides is 1. The number of benzene rings is 1. The second-order valence-corrected chi connectivity index (χ2v) is 10.8. The molecule has 2 unspecified atom stereocenters. The third-order valence-corrected chi connectivity index (χ3v) is 8.08. The molecule has 2 atom stereocenters.